The molecular weight excluding hydrogens is 256 g/mol. The van der Waals surface area contributed by atoms with E-state index in [1.807, 2.05) is 40.9 Å². The van der Waals surface area contributed by atoms with Crippen LogP contribution >= 0.6 is 11.8 Å². The largest absolute Gasteiger partial charge is 0.326 e. The van der Waals surface area contributed by atoms with Crippen LogP contribution in [0, 0.1) is 0 Å². The van der Waals surface area contributed by atoms with Gasteiger partial charge in [0.15, 0.2) is 10.8 Å². The van der Waals surface area contributed by atoms with Crippen molar-refractivity contribution in [3.63, 3.8) is 0 Å². The molecule has 1 aromatic carbocycles. The fourth-order valence-corrected chi connectivity index (χ4v) is 2.78. The van der Waals surface area contributed by atoms with Crippen molar-refractivity contribution in [3.05, 3.63) is 59.8 Å². The Morgan fingerprint density at radius 3 is 2.84 bits per heavy atom. The molecular formula is C14H14N4S. The third-order valence-corrected chi connectivity index (χ3v) is 3.89. The summed E-state index contributed by atoms with van der Waals surface area (Å²) in [6.07, 6.45) is 1.98. The van der Waals surface area contributed by atoms with E-state index < -0.39 is 0 Å². The lowest BCUT2D eigenvalue weighted by atomic mass is 10.1. The number of nitrogens with zero attached hydrogens (tertiary/aromatic N) is 3. The van der Waals surface area contributed by atoms with Crippen LogP contribution in [-0.4, -0.2) is 14.6 Å². The maximum Gasteiger partial charge on any atom is 0.195 e. The minimum absolute atomic E-state index is 0.576. The van der Waals surface area contributed by atoms with Crippen LogP contribution < -0.4 is 5.73 Å². The van der Waals surface area contributed by atoms with Gasteiger partial charge in [-0.15, -0.1) is 10.2 Å². The number of pyridine rings is 1. The number of benzene rings is 1. The van der Waals surface area contributed by atoms with Crippen molar-refractivity contribution in [2.24, 2.45) is 5.73 Å². The van der Waals surface area contributed by atoms with Gasteiger partial charge in [-0.2, -0.15) is 0 Å². The number of rotatable bonds is 4. The SMILES string of the molecule is NCc1cccc(CSc2nnc3ccccn23)c1. The van der Waals surface area contributed by atoms with Gasteiger partial charge in [-0.3, -0.25) is 4.40 Å². The minimum atomic E-state index is 0.576. The monoisotopic (exact) mass is 270 g/mol. The number of aromatic nitrogens is 3. The molecule has 0 aliphatic rings. The van der Waals surface area contributed by atoms with Crippen molar-refractivity contribution >= 4 is 17.4 Å². The smallest absolute Gasteiger partial charge is 0.195 e. The first-order chi connectivity index (χ1) is 9.36. The van der Waals surface area contributed by atoms with Gasteiger partial charge in [-0.1, -0.05) is 42.1 Å². The zero-order valence-electron chi connectivity index (χ0n) is 10.4. The summed E-state index contributed by atoms with van der Waals surface area (Å²) in [5, 5.41) is 9.25. The molecule has 3 rings (SSSR count). The summed E-state index contributed by atoms with van der Waals surface area (Å²) >= 11 is 1.68. The highest BCUT2D eigenvalue weighted by Crippen LogP contribution is 2.21. The molecule has 0 atom stereocenters. The van der Waals surface area contributed by atoms with Gasteiger partial charge in [0.05, 0.1) is 0 Å². The van der Waals surface area contributed by atoms with Gasteiger partial charge in [-0.05, 0) is 23.3 Å². The highest BCUT2D eigenvalue weighted by Gasteiger charge is 2.05. The van der Waals surface area contributed by atoms with E-state index in [0.29, 0.717) is 6.54 Å². The van der Waals surface area contributed by atoms with E-state index in [1.54, 1.807) is 11.8 Å². The van der Waals surface area contributed by atoms with Crippen molar-refractivity contribution in [3.8, 4) is 0 Å². The summed E-state index contributed by atoms with van der Waals surface area (Å²) in [6.45, 7) is 0.576. The molecule has 3 aromatic rings. The molecule has 96 valence electrons. The number of thioether (sulfide) groups is 1. The zero-order chi connectivity index (χ0) is 13.1. The Kier molecular flexibility index (Phi) is 3.48. The van der Waals surface area contributed by atoms with Gasteiger partial charge in [0, 0.05) is 18.5 Å². The summed E-state index contributed by atoms with van der Waals surface area (Å²) in [4.78, 5) is 0. The fourth-order valence-electron chi connectivity index (χ4n) is 1.91. The first kappa shape index (κ1) is 12.2. The molecule has 0 spiro atoms. The summed E-state index contributed by atoms with van der Waals surface area (Å²) in [7, 11) is 0. The highest BCUT2D eigenvalue weighted by atomic mass is 32.2. The van der Waals surface area contributed by atoms with Crippen LogP contribution in [-0.2, 0) is 12.3 Å². The second kappa shape index (κ2) is 5.42. The number of nitrogens with two attached hydrogens (primary N) is 1. The van der Waals surface area contributed by atoms with Crippen molar-refractivity contribution in [2.75, 3.05) is 0 Å². The molecule has 19 heavy (non-hydrogen) atoms. The van der Waals surface area contributed by atoms with Gasteiger partial charge in [0.1, 0.15) is 0 Å². The molecule has 0 bridgehead atoms. The molecule has 0 aliphatic carbocycles. The third kappa shape index (κ3) is 2.62. The zero-order valence-corrected chi connectivity index (χ0v) is 11.2. The van der Waals surface area contributed by atoms with E-state index in [0.717, 1.165) is 22.1 Å². The van der Waals surface area contributed by atoms with Crippen LogP contribution in [0.25, 0.3) is 5.65 Å². The van der Waals surface area contributed by atoms with Crippen molar-refractivity contribution in [1.29, 1.82) is 0 Å². The first-order valence-electron chi connectivity index (χ1n) is 6.07. The molecule has 2 N–H and O–H groups in total. The topological polar surface area (TPSA) is 56.2 Å². The number of hydrogen-bond acceptors (Lipinski definition) is 4. The molecule has 0 saturated carbocycles. The lowest BCUT2D eigenvalue weighted by Crippen LogP contribution is -1.96. The molecule has 0 unspecified atom stereocenters. The Balaban J connectivity index is 1.78. The van der Waals surface area contributed by atoms with E-state index in [1.165, 1.54) is 5.56 Å². The fraction of sp³-hybridized carbons (Fsp3) is 0.143. The van der Waals surface area contributed by atoms with Crippen LogP contribution in [0.15, 0.2) is 53.8 Å². The Hall–Kier alpha value is -1.85. The summed E-state index contributed by atoms with van der Waals surface area (Å²) in [5.41, 5.74) is 8.93. The average molecular weight is 270 g/mol. The second-order valence-corrected chi connectivity index (χ2v) is 5.17. The summed E-state index contributed by atoms with van der Waals surface area (Å²) in [5.74, 6) is 0.865. The highest BCUT2D eigenvalue weighted by molar-refractivity contribution is 7.98. The summed E-state index contributed by atoms with van der Waals surface area (Å²) in [6, 6.07) is 14.2. The predicted molar refractivity (Wildman–Crippen MR) is 76.9 cm³/mol. The van der Waals surface area contributed by atoms with Crippen molar-refractivity contribution < 1.29 is 0 Å². The molecule has 2 heterocycles. The van der Waals surface area contributed by atoms with E-state index in [9.17, 15) is 0 Å². The van der Waals surface area contributed by atoms with Crippen LogP contribution in [0.4, 0.5) is 0 Å². The maximum atomic E-state index is 5.65. The Morgan fingerprint density at radius 2 is 1.95 bits per heavy atom. The van der Waals surface area contributed by atoms with Crippen molar-refractivity contribution in [2.45, 2.75) is 17.5 Å². The molecule has 4 nitrogen and oxygen atoms in total. The van der Waals surface area contributed by atoms with Crippen LogP contribution in [0.1, 0.15) is 11.1 Å². The first-order valence-corrected chi connectivity index (χ1v) is 7.06. The molecule has 0 saturated heterocycles. The van der Waals surface area contributed by atoms with Gasteiger partial charge in [-0.25, -0.2) is 0 Å². The van der Waals surface area contributed by atoms with Gasteiger partial charge in [0.2, 0.25) is 0 Å². The quantitative estimate of drug-likeness (QED) is 0.740. The van der Waals surface area contributed by atoms with Crippen LogP contribution in [0.5, 0.6) is 0 Å². The van der Waals surface area contributed by atoms with E-state index >= 15 is 0 Å². The Labute approximate surface area is 115 Å². The molecule has 0 aliphatic heterocycles. The Morgan fingerprint density at radius 1 is 1.05 bits per heavy atom. The van der Waals surface area contributed by atoms with Crippen LogP contribution in [0.2, 0.25) is 0 Å². The lowest BCUT2D eigenvalue weighted by molar-refractivity contribution is 0.921. The van der Waals surface area contributed by atoms with Gasteiger partial charge < -0.3 is 5.73 Å². The Bertz CT molecular complexity index is 692. The van der Waals surface area contributed by atoms with Crippen molar-refractivity contribution in [1.82, 2.24) is 14.6 Å². The van der Waals surface area contributed by atoms with Gasteiger partial charge >= 0.3 is 0 Å². The molecule has 5 heteroatoms. The second-order valence-electron chi connectivity index (χ2n) is 4.22. The third-order valence-electron chi connectivity index (χ3n) is 2.88. The normalized spacial score (nSPS) is 11.0. The number of fused-ring (bicyclic) bond motifs is 1. The predicted octanol–water partition coefficient (Wildman–Crippen LogP) is 2.48. The number of hydrogen-bond donors (Lipinski definition) is 1. The minimum Gasteiger partial charge on any atom is -0.326 e. The molecule has 0 amide bonds. The van der Waals surface area contributed by atoms with E-state index in [2.05, 4.69) is 22.3 Å². The molecule has 2 aromatic heterocycles. The molecule has 0 radical (unpaired) electrons. The molecule has 0 fully saturated rings. The van der Waals surface area contributed by atoms with E-state index in [-0.39, 0.29) is 0 Å². The lowest BCUT2D eigenvalue weighted by Gasteiger charge is -2.03. The van der Waals surface area contributed by atoms with E-state index in [4.69, 9.17) is 5.73 Å². The van der Waals surface area contributed by atoms with Gasteiger partial charge in [0.25, 0.3) is 0 Å². The maximum absolute atomic E-state index is 5.65. The standard InChI is InChI=1S/C14H14N4S/c15-9-11-4-3-5-12(8-11)10-19-14-17-16-13-6-1-2-7-18(13)14/h1-8H,9-10,15H2. The summed E-state index contributed by atoms with van der Waals surface area (Å²) < 4.78 is 2.00. The van der Waals surface area contributed by atoms with Crippen LogP contribution in [0.3, 0.4) is 0 Å². The average Bonchev–Trinajstić information content (AvgIpc) is 2.89.